The number of morpholine rings is 1. The molecule has 6 heteroatoms. The zero-order chi connectivity index (χ0) is 16.4. The Hall–Kier alpha value is -0.980. The van der Waals surface area contributed by atoms with Gasteiger partial charge in [0.25, 0.3) is 5.91 Å². The molecule has 128 valence electrons. The van der Waals surface area contributed by atoms with Crippen LogP contribution in [0.4, 0.5) is 0 Å². The molecule has 2 saturated heterocycles. The first-order chi connectivity index (χ1) is 11.0. The van der Waals surface area contributed by atoms with E-state index < -0.39 is 0 Å². The summed E-state index contributed by atoms with van der Waals surface area (Å²) in [6.45, 7) is 11.8. The van der Waals surface area contributed by atoms with E-state index in [0.29, 0.717) is 23.6 Å². The molecule has 3 heterocycles. The highest BCUT2D eigenvalue weighted by Gasteiger charge is 2.37. The summed E-state index contributed by atoms with van der Waals surface area (Å²) in [7, 11) is 0. The van der Waals surface area contributed by atoms with E-state index in [1.807, 2.05) is 10.3 Å². The van der Waals surface area contributed by atoms with E-state index >= 15 is 0 Å². The van der Waals surface area contributed by atoms with Crippen molar-refractivity contribution in [2.24, 2.45) is 11.8 Å². The van der Waals surface area contributed by atoms with Crippen molar-refractivity contribution in [1.82, 2.24) is 14.8 Å². The molecule has 0 radical (unpaired) electrons. The van der Waals surface area contributed by atoms with Crippen LogP contribution in [0, 0.1) is 11.8 Å². The predicted octanol–water partition coefficient (Wildman–Crippen LogP) is 2.13. The van der Waals surface area contributed by atoms with E-state index in [1.54, 1.807) is 11.3 Å². The van der Waals surface area contributed by atoms with E-state index in [-0.39, 0.29) is 5.91 Å². The zero-order valence-electron chi connectivity index (χ0n) is 14.3. The Balaban J connectivity index is 1.63. The Labute approximate surface area is 142 Å². The molecule has 2 atom stereocenters. The van der Waals surface area contributed by atoms with Crippen molar-refractivity contribution in [2.75, 3.05) is 39.4 Å². The summed E-state index contributed by atoms with van der Waals surface area (Å²) in [5, 5.41) is 2.99. The summed E-state index contributed by atoms with van der Waals surface area (Å²) in [6, 6.07) is 0.455. The van der Waals surface area contributed by atoms with Crippen LogP contribution in [0.5, 0.6) is 0 Å². The highest BCUT2D eigenvalue weighted by atomic mass is 32.1. The molecule has 0 aromatic carbocycles. The number of hydrogen-bond donors (Lipinski definition) is 0. The van der Waals surface area contributed by atoms with Gasteiger partial charge in [-0.05, 0) is 11.8 Å². The highest BCUT2D eigenvalue weighted by Crippen LogP contribution is 2.25. The Kier molecular flexibility index (Phi) is 5.34. The van der Waals surface area contributed by atoms with E-state index in [1.165, 1.54) is 0 Å². The van der Waals surface area contributed by atoms with Crippen molar-refractivity contribution in [3.63, 3.8) is 0 Å². The van der Waals surface area contributed by atoms with Crippen LogP contribution in [0.25, 0.3) is 0 Å². The summed E-state index contributed by atoms with van der Waals surface area (Å²) < 4.78 is 5.44. The molecule has 2 aliphatic heterocycles. The Bertz CT molecular complexity index is 540. The maximum Gasteiger partial charge on any atom is 0.273 e. The first-order valence-corrected chi connectivity index (χ1v) is 9.48. The normalized spacial score (nSPS) is 26.2. The maximum absolute atomic E-state index is 12.7. The van der Waals surface area contributed by atoms with Gasteiger partial charge in [0.05, 0.1) is 18.2 Å². The molecule has 0 saturated carbocycles. The summed E-state index contributed by atoms with van der Waals surface area (Å²) in [5.74, 6) is 1.17. The van der Waals surface area contributed by atoms with E-state index in [9.17, 15) is 4.79 Å². The van der Waals surface area contributed by atoms with Crippen LogP contribution in [0.1, 0.15) is 36.3 Å². The first kappa shape index (κ1) is 16.9. The second-order valence-electron chi connectivity index (χ2n) is 7.13. The fourth-order valence-corrected chi connectivity index (χ4v) is 4.50. The summed E-state index contributed by atoms with van der Waals surface area (Å²) in [6.07, 6.45) is 0.949. The molecule has 0 unspecified atom stereocenters. The summed E-state index contributed by atoms with van der Waals surface area (Å²) in [5.41, 5.74) is 0.625. The van der Waals surface area contributed by atoms with Gasteiger partial charge in [0.2, 0.25) is 0 Å². The van der Waals surface area contributed by atoms with Crippen molar-refractivity contribution >= 4 is 17.2 Å². The van der Waals surface area contributed by atoms with Gasteiger partial charge >= 0.3 is 0 Å². The number of rotatable bonds is 4. The van der Waals surface area contributed by atoms with E-state index in [0.717, 1.165) is 50.8 Å². The summed E-state index contributed by atoms with van der Waals surface area (Å²) >= 11 is 1.61. The molecule has 2 aliphatic rings. The molecule has 1 aromatic heterocycles. The molecule has 23 heavy (non-hydrogen) atoms. The minimum Gasteiger partial charge on any atom is -0.379 e. The molecule has 1 amide bonds. The van der Waals surface area contributed by atoms with Gasteiger partial charge in [-0.2, -0.15) is 0 Å². The Morgan fingerprint density at radius 3 is 2.83 bits per heavy atom. The minimum absolute atomic E-state index is 0.0962. The van der Waals surface area contributed by atoms with Crippen molar-refractivity contribution in [1.29, 1.82) is 0 Å². The van der Waals surface area contributed by atoms with Crippen LogP contribution in [0.2, 0.25) is 0 Å². The van der Waals surface area contributed by atoms with Gasteiger partial charge in [-0.25, -0.2) is 4.98 Å². The number of carbonyl (C=O) groups is 1. The van der Waals surface area contributed by atoms with Gasteiger partial charge in [-0.3, -0.25) is 9.69 Å². The number of nitrogens with zero attached hydrogens (tertiary/aromatic N) is 3. The number of carbonyl (C=O) groups excluding carboxylic acids is 1. The second-order valence-corrected chi connectivity index (χ2v) is 8.07. The van der Waals surface area contributed by atoms with E-state index in [4.69, 9.17) is 4.74 Å². The third kappa shape index (κ3) is 3.92. The van der Waals surface area contributed by atoms with Gasteiger partial charge < -0.3 is 9.64 Å². The topological polar surface area (TPSA) is 45.7 Å². The largest absolute Gasteiger partial charge is 0.379 e. The molecule has 0 spiro atoms. The number of thiazole rings is 1. The molecule has 1 aromatic rings. The van der Waals surface area contributed by atoms with Gasteiger partial charge in [0.1, 0.15) is 5.69 Å². The number of likely N-dealkylation sites (tertiary alicyclic amines) is 1. The molecule has 2 fully saturated rings. The standard InChI is InChI=1S/C17H27N3O2S/c1-12(2)8-16-18-14(11-23-16)17(21)20-9-13(3)15(10-20)19-4-6-22-7-5-19/h11-13,15H,4-10H2,1-3H3/t13-,15+/m0/s1. The predicted molar refractivity (Wildman–Crippen MR) is 91.9 cm³/mol. The first-order valence-electron chi connectivity index (χ1n) is 8.60. The van der Waals surface area contributed by atoms with Crippen LogP contribution in [0.15, 0.2) is 5.38 Å². The van der Waals surface area contributed by atoms with Gasteiger partial charge in [-0.15, -0.1) is 11.3 Å². The molecule has 5 nitrogen and oxygen atoms in total. The lowest BCUT2D eigenvalue weighted by atomic mass is 10.0. The Morgan fingerprint density at radius 1 is 1.39 bits per heavy atom. The van der Waals surface area contributed by atoms with Crippen LogP contribution >= 0.6 is 11.3 Å². The van der Waals surface area contributed by atoms with Crippen LogP contribution in [-0.4, -0.2) is 66.1 Å². The molecule has 0 N–H and O–H groups in total. The van der Waals surface area contributed by atoms with Crippen LogP contribution < -0.4 is 0 Å². The van der Waals surface area contributed by atoms with Crippen molar-refractivity contribution in [3.8, 4) is 0 Å². The molecule has 3 rings (SSSR count). The maximum atomic E-state index is 12.7. The fraction of sp³-hybridized carbons (Fsp3) is 0.765. The van der Waals surface area contributed by atoms with Crippen molar-refractivity contribution in [3.05, 3.63) is 16.1 Å². The van der Waals surface area contributed by atoms with Gasteiger partial charge in [0, 0.05) is 44.0 Å². The lowest BCUT2D eigenvalue weighted by Gasteiger charge is -2.33. The SMILES string of the molecule is CC(C)Cc1nc(C(=O)N2C[C@@H](N3CCOCC3)[C@@H](C)C2)cs1. The summed E-state index contributed by atoms with van der Waals surface area (Å²) in [4.78, 5) is 21.8. The van der Waals surface area contributed by atoms with Gasteiger partial charge in [0.15, 0.2) is 0 Å². The fourth-order valence-electron chi connectivity index (χ4n) is 3.51. The lowest BCUT2D eigenvalue weighted by molar-refractivity contribution is 0.0119. The molecular formula is C17H27N3O2S. The monoisotopic (exact) mass is 337 g/mol. The molecule has 0 aliphatic carbocycles. The number of hydrogen-bond acceptors (Lipinski definition) is 5. The van der Waals surface area contributed by atoms with Crippen molar-refractivity contribution < 1.29 is 9.53 Å². The number of aromatic nitrogens is 1. The minimum atomic E-state index is 0.0962. The number of ether oxygens (including phenoxy) is 1. The quantitative estimate of drug-likeness (QED) is 0.844. The lowest BCUT2D eigenvalue weighted by Crippen LogP contribution is -2.47. The zero-order valence-corrected chi connectivity index (χ0v) is 15.1. The molecule has 0 bridgehead atoms. The third-order valence-electron chi connectivity index (χ3n) is 4.73. The van der Waals surface area contributed by atoms with E-state index in [2.05, 4.69) is 30.7 Å². The highest BCUT2D eigenvalue weighted by molar-refractivity contribution is 7.09. The Morgan fingerprint density at radius 2 is 2.13 bits per heavy atom. The number of amides is 1. The third-order valence-corrected chi connectivity index (χ3v) is 5.60. The van der Waals surface area contributed by atoms with Crippen LogP contribution in [-0.2, 0) is 11.2 Å². The smallest absolute Gasteiger partial charge is 0.273 e. The van der Waals surface area contributed by atoms with Crippen molar-refractivity contribution in [2.45, 2.75) is 33.2 Å². The average molecular weight is 337 g/mol. The van der Waals surface area contributed by atoms with Gasteiger partial charge in [-0.1, -0.05) is 20.8 Å². The molecular weight excluding hydrogens is 310 g/mol. The van der Waals surface area contributed by atoms with Crippen LogP contribution in [0.3, 0.4) is 0 Å². The average Bonchev–Trinajstić information content (AvgIpc) is 3.14. The second kappa shape index (κ2) is 7.28.